The van der Waals surface area contributed by atoms with Crippen LogP contribution in [0.15, 0.2) is 18.2 Å². The van der Waals surface area contributed by atoms with Gasteiger partial charge in [-0.05, 0) is 25.0 Å². The first-order valence-electron chi connectivity index (χ1n) is 6.09. The van der Waals surface area contributed by atoms with Crippen LogP contribution in [-0.4, -0.2) is 24.4 Å². The number of hydrogen-bond acceptors (Lipinski definition) is 2. The van der Waals surface area contributed by atoms with Gasteiger partial charge in [0.05, 0.1) is 15.6 Å². The second-order valence-corrected chi connectivity index (χ2v) is 5.28. The molecule has 1 fully saturated rings. The number of carbonyl (C=O) groups excluding carboxylic acids is 2. The molecule has 0 radical (unpaired) electrons. The molecule has 102 valence electrons. The van der Waals surface area contributed by atoms with E-state index >= 15 is 0 Å². The molecule has 0 saturated carbocycles. The highest BCUT2D eigenvalue weighted by Crippen LogP contribution is 2.23. The summed E-state index contributed by atoms with van der Waals surface area (Å²) in [7, 11) is 0. The number of hydrogen-bond donors (Lipinski definition) is 2. The zero-order valence-corrected chi connectivity index (χ0v) is 11.7. The van der Waals surface area contributed by atoms with Crippen LogP contribution in [0.5, 0.6) is 0 Å². The Kier molecular flexibility index (Phi) is 4.66. The molecule has 6 heteroatoms. The first kappa shape index (κ1) is 14.2. The van der Waals surface area contributed by atoms with Crippen LogP contribution in [0.2, 0.25) is 10.0 Å². The maximum Gasteiger partial charge on any atom is 0.254 e. The minimum absolute atomic E-state index is 0.0218. The molecule has 0 spiro atoms. The second-order valence-electron chi connectivity index (χ2n) is 4.46. The van der Waals surface area contributed by atoms with Gasteiger partial charge in [-0.3, -0.25) is 9.59 Å². The van der Waals surface area contributed by atoms with Crippen molar-refractivity contribution in [1.82, 2.24) is 10.6 Å². The minimum Gasteiger partial charge on any atom is -0.352 e. The van der Waals surface area contributed by atoms with Gasteiger partial charge in [0, 0.05) is 19.0 Å². The van der Waals surface area contributed by atoms with Crippen molar-refractivity contribution in [1.29, 1.82) is 0 Å². The van der Waals surface area contributed by atoms with E-state index in [9.17, 15) is 9.59 Å². The number of amides is 2. The zero-order valence-electron chi connectivity index (χ0n) is 10.2. The summed E-state index contributed by atoms with van der Waals surface area (Å²) in [5.74, 6) is -0.295. The monoisotopic (exact) mass is 300 g/mol. The molecule has 2 N–H and O–H groups in total. The summed E-state index contributed by atoms with van der Waals surface area (Å²) in [5.41, 5.74) is 0.271. The summed E-state index contributed by atoms with van der Waals surface area (Å²) >= 11 is 11.9. The molecular weight excluding hydrogens is 287 g/mol. The lowest BCUT2D eigenvalue weighted by atomic mass is 10.0. The van der Waals surface area contributed by atoms with Gasteiger partial charge in [-0.2, -0.15) is 0 Å². The molecule has 0 unspecified atom stereocenters. The van der Waals surface area contributed by atoms with E-state index in [1.54, 1.807) is 18.2 Å². The van der Waals surface area contributed by atoms with Crippen LogP contribution in [0.1, 0.15) is 29.6 Å². The van der Waals surface area contributed by atoms with Gasteiger partial charge in [0.25, 0.3) is 5.91 Å². The molecule has 1 aromatic carbocycles. The fraction of sp³-hybridized carbons (Fsp3) is 0.385. The maximum atomic E-state index is 12.0. The first-order chi connectivity index (χ1) is 9.08. The van der Waals surface area contributed by atoms with Crippen LogP contribution in [0.25, 0.3) is 0 Å². The Morgan fingerprint density at radius 1 is 1.37 bits per heavy atom. The topological polar surface area (TPSA) is 58.2 Å². The lowest BCUT2D eigenvalue weighted by Crippen LogP contribution is -2.46. The van der Waals surface area contributed by atoms with E-state index in [1.807, 2.05) is 0 Å². The fourth-order valence-corrected chi connectivity index (χ4v) is 2.62. The molecule has 1 aliphatic rings. The van der Waals surface area contributed by atoms with E-state index in [4.69, 9.17) is 23.2 Å². The Labute approximate surface area is 121 Å². The Morgan fingerprint density at radius 2 is 2.05 bits per heavy atom. The number of piperidine rings is 1. The van der Waals surface area contributed by atoms with E-state index in [1.165, 1.54) is 0 Å². The SMILES string of the molecule is O=C1CCC[C@H](CNC(=O)c2c(Cl)cccc2Cl)N1. The van der Waals surface area contributed by atoms with Gasteiger partial charge in [-0.1, -0.05) is 29.3 Å². The Bertz CT molecular complexity index is 485. The maximum absolute atomic E-state index is 12.0. The van der Waals surface area contributed by atoms with Gasteiger partial charge < -0.3 is 10.6 Å². The van der Waals surface area contributed by atoms with Crippen molar-refractivity contribution < 1.29 is 9.59 Å². The van der Waals surface area contributed by atoms with E-state index in [0.717, 1.165) is 12.8 Å². The van der Waals surface area contributed by atoms with Gasteiger partial charge in [0.2, 0.25) is 5.91 Å². The molecule has 19 heavy (non-hydrogen) atoms. The normalized spacial score (nSPS) is 18.8. The highest BCUT2D eigenvalue weighted by molar-refractivity contribution is 6.39. The lowest BCUT2D eigenvalue weighted by Gasteiger charge is -2.23. The standard InChI is InChI=1S/C13H14Cl2N2O2/c14-9-4-2-5-10(15)12(9)13(19)16-7-8-3-1-6-11(18)17-8/h2,4-5,8H,1,3,6-7H2,(H,16,19)(H,17,18)/t8-/m1/s1. The summed E-state index contributed by atoms with van der Waals surface area (Å²) < 4.78 is 0. The lowest BCUT2D eigenvalue weighted by molar-refractivity contribution is -0.123. The van der Waals surface area contributed by atoms with Crippen molar-refractivity contribution in [3.05, 3.63) is 33.8 Å². The van der Waals surface area contributed by atoms with Crippen LogP contribution in [0, 0.1) is 0 Å². The van der Waals surface area contributed by atoms with Crippen LogP contribution in [0.3, 0.4) is 0 Å². The van der Waals surface area contributed by atoms with Crippen LogP contribution >= 0.6 is 23.2 Å². The molecular formula is C13H14Cl2N2O2. The highest BCUT2D eigenvalue weighted by atomic mass is 35.5. The number of carbonyl (C=O) groups is 2. The predicted octanol–water partition coefficient (Wildman–Crippen LogP) is 2.39. The molecule has 1 heterocycles. The first-order valence-corrected chi connectivity index (χ1v) is 6.85. The molecule has 4 nitrogen and oxygen atoms in total. The molecule has 1 aromatic rings. The van der Waals surface area contributed by atoms with Crippen molar-refractivity contribution in [2.75, 3.05) is 6.54 Å². The zero-order chi connectivity index (χ0) is 13.8. The molecule has 2 rings (SSSR count). The molecule has 2 amide bonds. The number of benzene rings is 1. The average Bonchev–Trinajstić information content (AvgIpc) is 2.36. The number of halogens is 2. The molecule has 0 aromatic heterocycles. The van der Waals surface area contributed by atoms with Crippen LogP contribution < -0.4 is 10.6 Å². The van der Waals surface area contributed by atoms with E-state index in [0.29, 0.717) is 23.0 Å². The van der Waals surface area contributed by atoms with Crippen molar-refractivity contribution >= 4 is 35.0 Å². The van der Waals surface area contributed by atoms with E-state index < -0.39 is 0 Å². The van der Waals surface area contributed by atoms with Crippen molar-refractivity contribution in [2.24, 2.45) is 0 Å². The summed E-state index contributed by atoms with van der Waals surface area (Å²) in [6.07, 6.45) is 2.27. The predicted molar refractivity (Wildman–Crippen MR) is 74.6 cm³/mol. The third kappa shape index (κ3) is 3.61. The van der Waals surface area contributed by atoms with E-state index in [-0.39, 0.29) is 23.4 Å². The van der Waals surface area contributed by atoms with Gasteiger partial charge in [0.1, 0.15) is 0 Å². The van der Waals surface area contributed by atoms with Crippen LogP contribution in [0.4, 0.5) is 0 Å². The number of rotatable bonds is 3. The summed E-state index contributed by atoms with van der Waals surface area (Å²) in [6.45, 7) is 0.381. The smallest absolute Gasteiger partial charge is 0.254 e. The largest absolute Gasteiger partial charge is 0.352 e. The molecule has 1 atom stereocenters. The van der Waals surface area contributed by atoms with E-state index in [2.05, 4.69) is 10.6 Å². The molecule has 1 aliphatic heterocycles. The third-order valence-electron chi connectivity index (χ3n) is 3.02. The summed E-state index contributed by atoms with van der Waals surface area (Å²) in [6, 6.07) is 4.89. The van der Waals surface area contributed by atoms with Gasteiger partial charge in [-0.15, -0.1) is 0 Å². The fourth-order valence-electron chi connectivity index (χ4n) is 2.05. The number of nitrogens with one attached hydrogen (secondary N) is 2. The molecule has 0 bridgehead atoms. The van der Waals surface area contributed by atoms with Crippen molar-refractivity contribution in [2.45, 2.75) is 25.3 Å². The van der Waals surface area contributed by atoms with Crippen molar-refractivity contribution in [3.8, 4) is 0 Å². The average molecular weight is 301 g/mol. The van der Waals surface area contributed by atoms with Crippen LogP contribution in [-0.2, 0) is 4.79 Å². The second kappa shape index (κ2) is 6.26. The van der Waals surface area contributed by atoms with Gasteiger partial charge in [-0.25, -0.2) is 0 Å². The molecule has 1 saturated heterocycles. The van der Waals surface area contributed by atoms with Gasteiger partial charge in [0.15, 0.2) is 0 Å². The molecule has 0 aliphatic carbocycles. The quantitative estimate of drug-likeness (QED) is 0.900. The highest BCUT2D eigenvalue weighted by Gasteiger charge is 2.20. The Morgan fingerprint density at radius 3 is 2.68 bits per heavy atom. The van der Waals surface area contributed by atoms with Gasteiger partial charge >= 0.3 is 0 Å². The Hall–Kier alpha value is -1.26. The summed E-state index contributed by atoms with van der Waals surface area (Å²) in [5, 5.41) is 6.22. The minimum atomic E-state index is -0.324. The summed E-state index contributed by atoms with van der Waals surface area (Å²) in [4.78, 5) is 23.2. The third-order valence-corrected chi connectivity index (χ3v) is 3.65. The van der Waals surface area contributed by atoms with Crippen molar-refractivity contribution in [3.63, 3.8) is 0 Å². The Balaban J connectivity index is 1.96.